The molecular formula is C17H20N4O3. The van der Waals surface area contributed by atoms with E-state index in [0.717, 1.165) is 18.9 Å². The van der Waals surface area contributed by atoms with E-state index in [0.29, 0.717) is 30.2 Å². The van der Waals surface area contributed by atoms with Gasteiger partial charge in [0.05, 0.1) is 25.1 Å². The normalized spacial score (nSPS) is 14.5. The third-order valence-electron chi connectivity index (χ3n) is 3.99. The first-order valence-electron chi connectivity index (χ1n) is 7.82. The molecule has 3 heterocycles. The van der Waals surface area contributed by atoms with E-state index in [-0.39, 0.29) is 11.5 Å². The average molecular weight is 328 g/mol. The van der Waals surface area contributed by atoms with Crippen LogP contribution in [0.25, 0.3) is 0 Å². The first-order valence-corrected chi connectivity index (χ1v) is 7.82. The maximum atomic E-state index is 12.6. The number of hydrogen-bond donors (Lipinski definition) is 1. The summed E-state index contributed by atoms with van der Waals surface area (Å²) in [5.74, 6) is 0.625. The van der Waals surface area contributed by atoms with Gasteiger partial charge in [-0.1, -0.05) is 0 Å². The van der Waals surface area contributed by atoms with Gasteiger partial charge >= 0.3 is 0 Å². The molecule has 24 heavy (non-hydrogen) atoms. The molecule has 0 radical (unpaired) electrons. The summed E-state index contributed by atoms with van der Waals surface area (Å²) in [6.07, 6.45) is 1.67. The summed E-state index contributed by atoms with van der Waals surface area (Å²) in [5, 5.41) is 0. The number of amides is 1. The lowest BCUT2D eigenvalue weighted by molar-refractivity contribution is 0.0992. The Bertz CT molecular complexity index is 779. The van der Waals surface area contributed by atoms with Crippen molar-refractivity contribution in [2.24, 2.45) is 0 Å². The van der Waals surface area contributed by atoms with Crippen LogP contribution in [0.3, 0.4) is 0 Å². The molecule has 1 fully saturated rings. The van der Waals surface area contributed by atoms with Crippen LogP contribution in [-0.2, 0) is 4.74 Å². The van der Waals surface area contributed by atoms with Gasteiger partial charge in [-0.15, -0.1) is 0 Å². The van der Waals surface area contributed by atoms with Crippen molar-refractivity contribution in [3.63, 3.8) is 0 Å². The zero-order chi connectivity index (χ0) is 17.1. The number of ether oxygens (including phenoxy) is 1. The number of aromatic nitrogens is 2. The van der Waals surface area contributed by atoms with Crippen molar-refractivity contribution < 1.29 is 9.53 Å². The number of H-pyrrole nitrogens is 1. The lowest BCUT2D eigenvalue weighted by Crippen LogP contribution is -2.36. The molecule has 0 saturated carbocycles. The van der Waals surface area contributed by atoms with E-state index in [4.69, 9.17) is 4.74 Å². The maximum absolute atomic E-state index is 12.6. The Balaban J connectivity index is 1.77. The van der Waals surface area contributed by atoms with Crippen molar-refractivity contribution >= 4 is 17.4 Å². The summed E-state index contributed by atoms with van der Waals surface area (Å²) >= 11 is 0. The second-order valence-electron chi connectivity index (χ2n) is 5.75. The van der Waals surface area contributed by atoms with Gasteiger partial charge in [0.15, 0.2) is 0 Å². The quantitative estimate of drug-likeness (QED) is 0.916. The van der Waals surface area contributed by atoms with E-state index in [9.17, 15) is 9.59 Å². The summed E-state index contributed by atoms with van der Waals surface area (Å²) in [5.41, 5.74) is 1.40. The summed E-state index contributed by atoms with van der Waals surface area (Å²) in [6.45, 7) is 4.77. The van der Waals surface area contributed by atoms with Crippen molar-refractivity contribution in [1.82, 2.24) is 9.97 Å². The van der Waals surface area contributed by atoms with Crippen LogP contribution in [0, 0.1) is 6.92 Å². The van der Waals surface area contributed by atoms with E-state index >= 15 is 0 Å². The third kappa shape index (κ3) is 3.46. The van der Waals surface area contributed by atoms with E-state index in [2.05, 4.69) is 14.9 Å². The molecule has 0 spiro atoms. The number of morpholine rings is 1. The van der Waals surface area contributed by atoms with Crippen molar-refractivity contribution in [2.75, 3.05) is 43.2 Å². The minimum atomic E-state index is -0.285. The Hall–Kier alpha value is -2.67. The Labute approximate surface area is 139 Å². The van der Waals surface area contributed by atoms with Gasteiger partial charge in [0.2, 0.25) is 5.56 Å². The zero-order valence-corrected chi connectivity index (χ0v) is 13.8. The molecule has 0 aromatic carbocycles. The molecule has 1 aliphatic heterocycles. The zero-order valence-electron chi connectivity index (χ0n) is 13.8. The molecule has 0 aliphatic carbocycles. The summed E-state index contributed by atoms with van der Waals surface area (Å²) in [4.78, 5) is 34.8. The van der Waals surface area contributed by atoms with Gasteiger partial charge in [0.1, 0.15) is 5.82 Å². The number of rotatable bonds is 3. The fraction of sp³-hybridized carbons (Fsp3) is 0.353. The van der Waals surface area contributed by atoms with Crippen LogP contribution in [-0.4, -0.2) is 49.2 Å². The van der Waals surface area contributed by atoms with Crippen molar-refractivity contribution in [3.8, 4) is 0 Å². The molecule has 126 valence electrons. The summed E-state index contributed by atoms with van der Waals surface area (Å²) in [7, 11) is 1.67. The van der Waals surface area contributed by atoms with Crippen LogP contribution in [0.5, 0.6) is 0 Å². The van der Waals surface area contributed by atoms with E-state index in [1.165, 1.54) is 11.0 Å². The monoisotopic (exact) mass is 328 g/mol. The molecule has 1 saturated heterocycles. The number of pyridine rings is 2. The van der Waals surface area contributed by atoms with Crippen LogP contribution in [0.15, 0.2) is 35.3 Å². The lowest BCUT2D eigenvalue weighted by Gasteiger charge is -2.28. The highest BCUT2D eigenvalue weighted by molar-refractivity contribution is 6.05. The molecule has 1 aliphatic rings. The molecule has 0 bridgehead atoms. The molecule has 1 amide bonds. The largest absolute Gasteiger partial charge is 0.378 e. The summed E-state index contributed by atoms with van der Waals surface area (Å²) < 4.78 is 5.33. The number of nitrogens with zero attached hydrogens (tertiary/aromatic N) is 3. The fourth-order valence-electron chi connectivity index (χ4n) is 2.67. The minimum absolute atomic E-state index is 0.245. The number of carbonyl (C=O) groups is 1. The molecule has 1 N–H and O–H groups in total. The Kier molecular flexibility index (Phi) is 4.61. The van der Waals surface area contributed by atoms with Crippen LogP contribution in [0.1, 0.15) is 16.1 Å². The lowest BCUT2D eigenvalue weighted by atomic mass is 10.2. The van der Waals surface area contributed by atoms with E-state index in [1.54, 1.807) is 26.2 Å². The SMILES string of the molecule is Cc1cc(C(=O)N(C)c2ccc(N3CCOCC3)nc2)cc(=O)[nH]1. The molecular weight excluding hydrogens is 308 g/mol. The number of aromatic amines is 1. The summed E-state index contributed by atoms with van der Waals surface area (Å²) in [6, 6.07) is 6.72. The molecule has 2 aromatic heterocycles. The van der Waals surface area contributed by atoms with Gasteiger partial charge in [-0.3, -0.25) is 9.59 Å². The molecule has 3 rings (SSSR count). The van der Waals surface area contributed by atoms with Crippen LogP contribution >= 0.6 is 0 Å². The van der Waals surface area contributed by atoms with Crippen LogP contribution in [0.2, 0.25) is 0 Å². The van der Waals surface area contributed by atoms with Crippen molar-refractivity contribution in [3.05, 3.63) is 52.1 Å². The molecule has 7 heteroatoms. The first kappa shape index (κ1) is 16.2. The highest BCUT2D eigenvalue weighted by Gasteiger charge is 2.16. The van der Waals surface area contributed by atoms with Gasteiger partial charge < -0.3 is 19.5 Å². The van der Waals surface area contributed by atoms with Crippen molar-refractivity contribution in [2.45, 2.75) is 6.92 Å². The van der Waals surface area contributed by atoms with Gasteiger partial charge in [-0.25, -0.2) is 4.98 Å². The minimum Gasteiger partial charge on any atom is -0.378 e. The topological polar surface area (TPSA) is 78.5 Å². The highest BCUT2D eigenvalue weighted by atomic mass is 16.5. The molecule has 0 atom stereocenters. The number of nitrogens with one attached hydrogen (secondary N) is 1. The van der Waals surface area contributed by atoms with Crippen LogP contribution < -0.4 is 15.4 Å². The second kappa shape index (κ2) is 6.84. The van der Waals surface area contributed by atoms with Gasteiger partial charge in [0, 0.05) is 37.5 Å². The average Bonchev–Trinajstić information content (AvgIpc) is 2.60. The first-order chi connectivity index (χ1) is 11.5. The number of anilines is 2. The number of carbonyl (C=O) groups excluding carboxylic acids is 1. The van der Waals surface area contributed by atoms with Gasteiger partial charge in [-0.2, -0.15) is 0 Å². The molecule has 2 aromatic rings. The Morgan fingerprint density at radius 1 is 1.29 bits per heavy atom. The predicted molar refractivity (Wildman–Crippen MR) is 91.8 cm³/mol. The standard InChI is InChI=1S/C17H20N4O3/c1-12-9-13(10-16(22)19-12)17(23)20(2)14-3-4-15(18-11-14)21-5-7-24-8-6-21/h3-4,9-11H,5-8H2,1-2H3,(H,19,22). The third-order valence-corrected chi connectivity index (χ3v) is 3.99. The Morgan fingerprint density at radius 2 is 2.04 bits per heavy atom. The fourth-order valence-corrected chi connectivity index (χ4v) is 2.67. The molecule has 0 unspecified atom stereocenters. The van der Waals surface area contributed by atoms with Gasteiger partial charge in [0.25, 0.3) is 5.91 Å². The van der Waals surface area contributed by atoms with E-state index in [1.807, 2.05) is 12.1 Å². The smallest absolute Gasteiger partial charge is 0.258 e. The Morgan fingerprint density at radius 3 is 2.67 bits per heavy atom. The van der Waals surface area contributed by atoms with Crippen LogP contribution in [0.4, 0.5) is 11.5 Å². The highest BCUT2D eigenvalue weighted by Crippen LogP contribution is 2.19. The number of aryl methyl sites for hydroxylation is 1. The molecule has 7 nitrogen and oxygen atoms in total. The van der Waals surface area contributed by atoms with Crippen molar-refractivity contribution in [1.29, 1.82) is 0 Å². The van der Waals surface area contributed by atoms with Gasteiger partial charge in [-0.05, 0) is 25.1 Å². The predicted octanol–water partition coefficient (Wildman–Crippen LogP) is 1.19. The van der Waals surface area contributed by atoms with E-state index < -0.39 is 0 Å². The second-order valence-corrected chi connectivity index (χ2v) is 5.75. The number of hydrogen-bond acceptors (Lipinski definition) is 5. The maximum Gasteiger partial charge on any atom is 0.258 e.